The molecule has 0 radical (unpaired) electrons. The van der Waals surface area contributed by atoms with Gasteiger partial charge in [-0.3, -0.25) is 0 Å². The SMILES string of the molecule is COC(=O)c1cn(Cc2cc(Cl)cc3c2OCC3)nn1. The zero-order valence-electron chi connectivity index (χ0n) is 10.8. The number of halogens is 1. The number of nitrogens with zero attached hydrogens (tertiary/aromatic N) is 3. The first kappa shape index (κ1) is 12.9. The first-order chi connectivity index (χ1) is 9.67. The second-order valence-corrected chi connectivity index (χ2v) is 4.88. The summed E-state index contributed by atoms with van der Waals surface area (Å²) in [6, 6.07) is 3.75. The van der Waals surface area contributed by atoms with Crippen LogP contribution in [0.3, 0.4) is 0 Å². The molecule has 6 nitrogen and oxygen atoms in total. The molecule has 1 aromatic heterocycles. The Labute approximate surface area is 120 Å². The van der Waals surface area contributed by atoms with Gasteiger partial charge in [-0.25, -0.2) is 9.48 Å². The molecule has 7 heteroatoms. The largest absolute Gasteiger partial charge is 0.493 e. The fourth-order valence-corrected chi connectivity index (χ4v) is 2.48. The second-order valence-electron chi connectivity index (χ2n) is 4.44. The van der Waals surface area contributed by atoms with Gasteiger partial charge < -0.3 is 9.47 Å². The average Bonchev–Trinajstić information content (AvgIpc) is 3.06. The van der Waals surface area contributed by atoms with Crippen LogP contribution in [-0.2, 0) is 17.7 Å². The Kier molecular flexibility index (Phi) is 3.31. The van der Waals surface area contributed by atoms with Crippen LogP contribution < -0.4 is 4.74 Å². The molecule has 20 heavy (non-hydrogen) atoms. The van der Waals surface area contributed by atoms with E-state index in [0.29, 0.717) is 18.2 Å². The highest BCUT2D eigenvalue weighted by molar-refractivity contribution is 6.30. The molecule has 104 valence electrons. The Morgan fingerprint density at radius 2 is 2.40 bits per heavy atom. The normalized spacial score (nSPS) is 12.9. The van der Waals surface area contributed by atoms with Crippen molar-refractivity contribution >= 4 is 17.6 Å². The fraction of sp³-hybridized carbons (Fsp3) is 0.308. The van der Waals surface area contributed by atoms with Crippen LogP contribution in [0.15, 0.2) is 18.3 Å². The first-order valence-corrected chi connectivity index (χ1v) is 6.47. The molecule has 0 spiro atoms. The van der Waals surface area contributed by atoms with Crippen LogP contribution in [-0.4, -0.2) is 34.7 Å². The predicted molar refractivity (Wildman–Crippen MR) is 71.1 cm³/mol. The number of carbonyl (C=O) groups excluding carboxylic acids is 1. The maximum atomic E-state index is 11.3. The second kappa shape index (κ2) is 5.13. The predicted octanol–water partition coefficient (Wildman–Crippen LogP) is 1.70. The highest BCUT2D eigenvalue weighted by Crippen LogP contribution is 2.33. The van der Waals surface area contributed by atoms with Gasteiger partial charge in [-0.1, -0.05) is 16.8 Å². The molecule has 2 aromatic rings. The molecule has 1 aliphatic heterocycles. The molecule has 3 rings (SSSR count). The van der Waals surface area contributed by atoms with Crippen molar-refractivity contribution in [3.8, 4) is 5.75 Å². The van der Waals surface area contributed by atoms with E-state index in [-0.39, 0.29) is 5.69 Å². The van der Waals surface area contributed by atoms with E-state index in [4.69, 9.17) is 16.3 Å². The Balaban J connectivity index is 1.88. The van der Waals surface area contributed by atoms with E-state index < -0.39 is 5.97 Å². The number of hydrogen-bond acceptors (Lipinski definition) is 5. The lowest BCUT2D eigenvalue weighted by Crippen LogP contribution is -2.03. The van der Waals surface area contributed by atoms with Crippen LogP contribution >= 0.6 is 11.6 Å². The van der Waals surface area contributed by atoms with Gasteiger partial charge in [0.2, 0.25) is 0 Å². The summed E-state index contributed by atoms with van der Waals surface area (Å²) < 4.78 is 11.8. The van der Waals surface area contributed by atoms with Crippen molar-refractivity contribution in [3.63, 3.8) is 0 Å². The van der Waals surface area contributed by atoms with Crippen molar-refractivity contribution in [1.82, 2.24) is 15.0 Å². The average molecular weight is 294 g/mol. The van der Waals surface area contributed by atoms with Gasteiger partial charge in [-0.05, 0) is 17.7 Å². The molecule has 0 saturated heterocycles. The molecule has 0 aliphatic carbocycles. The Bertz CT molecular complexity index is 669. The Morgan fingerprint density at radius 3 is 3.20 bits per heavy atom. The Morgan fingerprint density at radius 1 is 1.55 bits per heavy atom. The van der Waals surface area contributed by atoms with E-state index in [1.54, 1.807) is 4.68 Å². The van der Waals surface area contributed by atoms with E-state index >= 15 is 0 Å². The summed E-state index contributed by atoms with van der Waals surface area (Å²) >= 11 is 6.10. The summed E-state index contributed by atoms with van der Waals surface area (Å²) in [5.74, 6) is 0.341. The maximum absolute atomic E-state index is 11.3. The number of esters is 1. The van der Waals surface area contributed by atoms with E-state index in [1.807, 2.05) is 12.1 Å². The number of carbonyl (C=O) groups is 1. The number of benzene rings is 1. The minimum absolute atomic E-state index is 0.173. The number of aromatic nitrogens is 3. The number of rotatable bonds is 3. The molecule has 0 amide bonds. The first-order valence-electron chi connectivity index (χ1n) is 6.10. The molecular weight excluding hydrogens is 282 g/mol. The van der Waals surface area contributed by atoms with Gasteiger partial charge in [-0.15, -0.1) is 5.10 Å². The third kappa shape index (κ3) is 2.34. The summed E-state index contributed by atoms with van der Waals surface area (Å²) in [6.07, 6.45) is 2.39. The van der Waals surface area contributed by atoms with Gasteiger partial charge in [0, 0.05) is 17.0 Å². The van der Waals surface area contributed by atoms with Crippen molar-refractivity contribution < 1.29 is 14.3 Å². The van der Waals surface area contributed by atoms with Gasteiger partial charge in [0.1, 0.15) is 5.75 Å². The van der Waals surface area contributed by atoms with E-state index in [0.717, 1.165) is 23.3 Å². The molecule has 0 fully saturated rings. The van der Waals surface area contributed by atoms with Crippen LogP contribution in [0.1, 0.15) is 21.6 Å². The minimum Gasteiger partial charge on any atom is -0.493 e. The van der Waals surface area contributed by atoms with Crippen molar-refractivity contribution in [2.75, 3.05) is 13.7 Å². The molecule has 0 N–H and O–H groups in total. The summed E-state index contributed by atoms with van der Waals surface area (Å²) in [5, 5.41) is 8.33. The summed E-state index contributed by atoms with van der Waals surface area (Å²) in [6.45, 7) is 1.10. The number of methoxy groups -OCH3 is 1. The zero-order valence-corrected chi connectivity index (χ0v) is 11.6. The van der Waals surface area contributed by atoms with Gasteiger partial charge in [0.15, 0.2) is 5.69 Å². The highest BCUT2D eigenvalue weighted by atomic mass is 35.5. The van der Waals surface area contributed by atoms with Crippen molar-refractivity contribution in [2.24, 2.45) is 0 Å². The minimum atomic E-state index is -0.510. The molecule has 1 aliphatic rings. The number of ether oxygens (including phenoxy) is 2. The zero-order chi connectivity index (χ0) is 14.1. The van der Waals surface area contributed by atoms with Crippen LogP contribution in [0.2, 0.25) is 5.02 Å². The summed E-state index contributed by atoms with van der Waals surface area (Å²) in [7, 11) is 1.30. The molecule has 0 unspecified atom stereocenters. The smallest absolute Gasteiger partial charge is 0.360 e. The quantitative estimate of drug-likeness (QED) is 0.806. The van der Waals surface area contributed by atoms with E-state index in [1.165, 1.54) is 13.3 Å². The third-order valence-corrected chi connectivity index (χ3v) is 3.31. The topological polar surface area (TPSA) is 66.2 Å². The number of fused-ring (bicyclic) bond motifs is 1. The van der Waals surface area contributed by atoms with E-state index in [9.17, 15) is 4.79 Å². The van der Waals surface area contributed by atoms with Crippen LogP contribution in [0.4, 0.5) is 0 Å². The van der Waals surface area contributed by atoms with Gasteiger partial charge in [0.05, 0.1) is 26.5 Å². The van der Waals surface area contributed by atoms with Gasteiger partial charge >= 0.3 is 5.97 Å². The van der Waals surface area contributed by atoms with Crippen LogP contribution in [0.25, 0.3) is 0 Å². The molecule has 0 saturated carbocycles. The lowest BCUT2D eigenvalue weighted by atomic mass is 10.1. The maximum Gasteiger partial charge on any atom is 0.360 e. The standard InChI is InChI=1S/C13H12ClN3O3/c1-19-13(18)11-7-17(16-15-11)6-9-5-10(14)4-8-2-3-20-12(8)9/h4-5,7H,2-3,6H2,1H3. The molecule has 2 heterocycles. The fourth-order valence-electron chi connectivity index (χ4n) is 2.21. The van der Waals surface area contributed by atoms with Gasteiger partial charge in [0.25, 0.3) is 0 Å². The highest BCUT2D eigenvalue weighted by Gasteiger charge is 2.19. The molecule has 0 atom stereocenters. The van der Waals surface area contributed by atoms with Gasteiger partial charge in [-0.2, -0.15) is 0 Å². The molecule has 1 aromatic carbocycles. The molecular formula is C13H12ClN3O3. The third-order valence-electron chi connectivity index (χ3n) is 3.09. The Hall–Kier alpha value is -2.08. The lowest BCUT2D eigenvalue weighted by molar-refractivity contribution is 0.0594. The van der Waals surface area contributed by atoms with Crippen molar-refractivity contribution in [3.05, 3.63) is 40.2 Å². The monoisotopic (exact) mass is 293 g/mol. The summed E-state index contributed by atoms with van der Waals surface area (Å²) in [4.78, 5) is 11.3. The van der Waals surface area contributed by atoms with Crippen LogP contribution in [0.5, 0.6) is 5.75 Å². The van der Waals surface area contributed by atoms with E-state index in [2.05, 4.69) is 15.0 Å². The summed E-state index contributed by atoms with van der Waals surface area (Å²) in [5.41, 5.74) is 2.19. The molecule has 0 bridgehead atoms. The van der Waals surface area contributed by atoms with Crippen molar-refractivity contribution in [1.29, 1.82) is 0 Å². The number of hydrogen-bond donors (Lipinski definition) is 0. The van der Waals surface area contributed by atoms with Crippen LogP contribution in [0, 0.1) is 0 Å². The van der Waals surface area contributed by atoms with Crippen molar-refractivity contribution in [2.45, 2.75) is 13.0 Å². The lowest BCUT2D eigenvalue weighted by Gasteiger charge is -2.08.